The van der Waals surface area contributed by atoms with Crippen LogP contribution in [-0.2, 0) is 17.9 Å². The number of furan rings is 1. The van der Waals surface area contributed by atoms with Crippen molar-refractivity contribution in [2.75, 3.05) is 20.1 Å². The summed E-state index contributed by atoms with van der Waals surface area (Å²) in [6.07, 6.45) is -3.09. The van der Waals surface area contributed by atoms with Crippen LogP contribution >= 0.6 is 0 Å². The Balaban J connectivity index is 1.98. The molecule has 2 aromatic rings. The molecule has 0 aliphatic heterocycles. The highest BCUT2D eigenvalue weighted by molar-refractivity contribution is 5.78. The monoisotopic (exact) mass is 340 g/mol. The molecule has 0 saturated heterocycles. The molecule has 0 aliphatic carbocycles. The van der Waals surface area contributed by atoms with Crippen molar-refractivity contribution in [2.24, 2.45) is 0 Å². The standard InChI is InChI=1S/C17H19F3N2O2/c1-21(10-14-6-3-2-4-7-14)12-16(23)22(13-17(18,19)20)11-15-8-5-9-24-15/h2-9H,10-13H2,1H3. The van der Waals surface area contributed by atoms with Gasteiger partial charge in [-0.1, -0.05) is 30.3 Å². The molecule has 1 amide bonds. The number of alkyl halides is 3. The topological polar surface area (TPSA) is 36.7 Å². The van der Waals surface area contributed by atoms with E-state index in [2.05, 4.69) is 0 Å². The van der Waals surface area contributed by atoms with E-state index in [0.717, 1.165) is 10.5 Å². The molecule has 2 rings (SSSR count). The van der Waals surface area contributed by atoms with Gasteiger partial charge in [0.25, 0.3) is 0 Å². The summed E-state index contributed by atoms with van der Waals surface area (Å²) >= 11 is 0. The molecule has 130 valence electrons. The molecule has 0 N–H and O–H groups in total. The van der Waals surface area contributed by atoms with Gasteiger partial charge >= 0.3 is 6.18 Å². The fourth-order valence-corrected chi connectivity index (χ4v) is 2.32. The van der Waals surface area contributed by atoms with Crippen molar-refractivity contribution in [3.63, 3.8) is 0 Å². The van der Waals surface area contributed by atoms with Crippen molar-refractivity contribution >= 4 is 5.91 Å². The van der Waals surface area contributed by atoms with Crippen molar-refractivity contribution in [1.29, 1.82) is 0 Å². The van der Waals surface area contributed by atoms with Crippen LogP contribution in [0, 0.1) is 0 Å². The summed E-state index contributed by atoms with van der Waals surface area (Å²) in [6, 6.07) is 12.5. The average Bonchev–Trinajstić information content (AvgIpc) is 2.99. The first kappa shape index (κ1) is 18.1. The Hall–Kier alpha value is -2.28. The number of benzene rings is 1. The first-order chi connectivity index (χ1) is 11.3. The number of rotatable bonds is 7. The van der Waals surface area contributed by atoms with E-state index in [-0.39, 0.29) is 13.1 Å². The molecule has 1 aromatic heterocycles. The smallest absolute Gasteiger partial charge is 0.406 e. The summed E-state index contributed by atoms with van der Waals surface area (Å²) < 4.78 is 43.3. The Morgan fingerprint density at radius 1 is 1.08 bits per heavy atom. The molecule has 0 bridgehead atoms. The SMILES string of the molecule is CN(CC(=O)N(Cc1ccco1)CC(F)(F)F)Cc1ccccc1. The second-order valence-electron chi connectivity index (χ2n) is 5.60. The van der Waals surface area contributed by atoms with Crippen LogP contribution in [0.25, 0.3) is 0 Å². The lowest BCUT2D eigenvalue weighted by Crippen LogP contribution is -2.43. The number of carbonyl (C=O) groups is 1. The minimum atomic E-state index is -4.46. The van der Waals surface area contributed by atoms with Crippen LogP contribution in [0.3, 0.4) is 0 Å². The first-order valence-electron chi connectivity index (χ1n) is 7.43. The van der Waals surface area contributed by atoms with E-state index < -0.39 is 18.6 Å². The number of nitrogens with zero attached hydrogens (tertiary/aromatic N) is 2. The van der Waals surface area contributed by atoms with Crippen LogP contribution in [-0.4, -0.2) is 42.0 Å². The number of halogens is 3. The molecule has 0 fully saturated rings. The van der Waals surface area contributed by atoms with Crippen molar-refractivity contribution in [2.45, 2.75) is 19.3 Å². The number of amides is 1. The summed E-state index contributed by atoms with van der Waals surface area (Å²) in [5.41, 5.74) is 0.987. The lowest BCUT2D eigenvalue weighted by Gasteiger charge is -2.25. The Labute approximate surface area is 138 Å². The summed E-state index contributed by atoms with van der Waals surface area (Å²) in [4.78, 5) is 14.7. The molecular formula is C17H19F3N2O2. The van der Waals surface area contributed by atoms with Crippen LogP contribution in [0.2, 0.25) is 0 Å². The zero-order chi connectivity index (χ0) is 17.6. The van der Waals surface area contributed by atoms with Crippen LogP contribution in [0.15, 0.2) is 53.1 Å². The molecular weight excluding hydrogens is 321 g/mol. The van der Waals surface area contributed by atoms with Gasteiger partial charge in [-0.2, -0.15) is 13.2 Å². The maximum atomic E-state index is 12.7. The van der Waals surface area contributed by atoms with Crippen molar-refractivity contribution in [3.8, 4) is 0 Å². The van der Waals surface area contributed by atoms with Gasteiger partial charge in [0.15, 0.2) is 0 Å². The van der Waals surface area contributed by atoms with Gasteiger partial charge in [-0.25, -0.2) is 0 Å². The summed E-state index contributed by atoms with van der Waals surface area (Å²) in [6.45, 7) is -1.13. The fraction of sp³-hybridized carbons (Fsp3) is 0.353. The third-order valence-corrected chi connectivity index (χ3v) is 3.35. The predicted octanol–water partition coefficient (Wildman–Crippen LogP) is 3.30. The molecule has 0 unspecified atom stereocenters. The maximum absolute atomic E-state index is 12.7. The molecule has 1 heterocycles. The highest BCUT2D eigenvalue weighted by Crippen LogP contribution is 2.19. The van der Waals surface area contributed by atoms with Gasteiger partial charge in [0.2, 0.25) is 5.91 Å². The maximum Gasteiger partial charge on any atom is 0.406 e. The molecule has 24 heavy (non-hydrogen) atoms. The minimum absolute atomic E-state index is 0.105. The second kappa shape index (κ2) is 8.01. The van der Waals surface area contributed by atoms with E-state index in [9.17, 15) is 18.0 Å². The third kappa shape index (κ3) is 6.08. The molecule has 4 nitrogen and oxygen atoms in total. The normalized spacial score (nSPS) is 11.7. The largest absolute Gasteiger partial charge is 0.467 e. The van der Waals surface area contributed by atoms with Crippen LogP contribution < -0.4 is 0 Å². The zero-order valence-corrected chi connectivity index (χ0v) is 13.3. The number of hydrogen-bond acceptors (Lipinski definition) is 3. The van der Waals surface area contributed by atoms with Gasteiger partial charge in [0, 0.05) is 6.54 Å². The summed E-state index contributed by atoms with van der Waals surface area (Å²) in [7, 11) is 1.70. The van der Waals surface area contributed by atoms with Crippen molar-refractivity contribution in [3.05, 3.63) is 60.1 Å². The van der Waals surface area contributed by atoms with Crippen molar-refractivity contribution < 1.29 is 22.4 Å². The number of carbonyl (C=O) groups excluding carboxylic acids is 1. The van der Waals surface area contributed by atoms with E-state index in [0.29, 0.717) is 12.3 Å². The van der Waals surface area contributed by atoms with Gasteiger partial charge in [-0.15, -0.1) is 0 Å². The lowest BCUT2D eigenvalue weighted by atomic mass is 10.2. The molecule has 1 aromatic carbocycles. The third-order valence-electron chi connectivity index (χ3n) is 3.35. The Bertz CT molecular complexity index is 627. The van der Waals surface area contributed by atoms with Crippen LogP contribution in [0.5, 0.6) is 0 Å². The van der Waals surface area contributed by atoms with E-state index in [1.54, 1.807) is 24.1 Å². The molecule has 0 saturated carbocycles. The van der Waals surface area contributed by atoms with Crippen LogP contribution in [0.1, 0.15) is 11.3 Å². The van der Waals surface area contributed by atoms with Gasteiger partial charge in [0.1, 0.15) is 12.3 Å². The second-order valence-corrected chi connectivity index (χ2v) is 5.60. The van der Waals surface area contributed by atoms with E-state index >= 15 is 0 Å². The Kier molecular flexibility index (Phi) is 6.03. The van der Waals surface area contributed by atoms with Gasteiger partial charge < -0.3 is 9.32 Å². The van der Waals surface area contributed by atoms with Gasteiger partial charge in [0.05, 0.1) is 19.4 Å². The molecule has 7 heteroatoms. The average molecular weight is 340 g/mol. The first-order valence-corrected chi connectivity index (χ1v) is 7.43. The highest BCUT2D eigenvalue weighted by atomic mass is 19.4. The summed E-state index contributed by atoms with van der Waals surface area (Å²) in [5.74, 6) is -0.277. The predicted molar refractivity (Wildman–Crippen MR) is 83.0 cm³/mol. The highest BCUT2D eigenvalue weighted by Gasteiger charge is 2.33. The number of hydrogen-bond donors (Lipinski definition) is 0. The van der Waals surface area contributed by atoms with Crippen LogP contribution in [0.4, 0.5) is 13.2 Å². The summed E-state index contributed by atoms with van der Waals surface area (Å²) in [5, 5.41) is 0. The minimum Gasteiger partial charge on any atom is -0.467 e. The van der Waals surface area contributed by atoms with E-state index in [1.165, 1.54) is 6.26 Å². The Morgan fingerprint density at radius 2 is 1.79 bits per heavy atom. The molecule has 0 spiro atoms. The van der Waals surface area contributed by atoms with Gasteiger partial charge in [-0.05, 0) is 24.7 Å². The number of likely N-dealkylation sites (N-methyl/N-ethyl adjacent to an activating group) is 1. The lowest BCUT2D eigenvalue weighted by molar-refractivity contribution is -0.163. The van der Waals surface area contributed by atoms with E-state index in [1.807, 2.05) is 30.3 Å². The zero-order valence-electron chi connectivity index (χ0n) is 13.3. The Morgan fingerprint density at radius 3 is 2.38 bits per heavy atom. The van der Waals surface area contributed by atoms with Gasteiger partial charge in [-0.3, -0.25) is 9.69 Å². The molecule has 0 radical (unpaired) electrons. The van der Waals surface area contributed by atoms with E-state index in [4.69, 9.17) is 4.42 Å². The fourth-order valence-electron chi connectivity index (χ4n) is 2.32. The molecule has 0 aliphatic rings. The quantitative estimate of drug-likeness (QED) is 0.776. The molecule has 0 atom stereocenters. The van der Waals surface area contributed by atoms with Crippen molar-refractivity contribution in [1.82, 2.24) is 9.80 Å².